The summed E-state index contributed by atoms with van der Waals surface area (Å²) in [6.45, 7) is 10.1. The Bertz CT molecular complexity index is 865. The number of ether oxygens (including phenoxy) is 1. The second-order valence-corrected chi connectivity index (χ2v) is 12.7. The Morgan fingerprint density at radius 3 is 1.93 bits per heavy atom. The van der Waals surface area contributed by atoms with E-state index in [9.17, 15) is 0 Å². The molecule has 29 heavy (non-hydrogen) atoms. The zero-order valence-electron chi connectivity index (χ0n) is 18.0. The maximum atomic E-state index is 6.31. The van der Waals surface area contributed by atoms with E-state index in [1.54, 1.807) is 0 Å². The lowest BCUT2D eigenvalue weighted by atomic mass is 9.45. The van der Waals surface area contributed by atoms with E-state index in [1.165, 1.54) is 23.5 Å². The van der Waals surface area contributed by atoms with Gasteiger partial charge in [-0.15, -0.1) is 0 Å². The molecule has 2 nitrogen and oxygen atoms in total. The lowest BCUT2D eigenvalue weighted by Crippen LogP contribution is -2.59. The summed E-state index contributed by atoms with van der Waals surface area (Å²) < 4.78 is 6.31. The van der Waals surface area contributed by atoms with E-state index in [0.717, 1.165) is 18.4 Å². The van der Waals surface area contributed by atoms with Crippen LogP contribution in [0.1, 0.15) is 40.5 Å². The van der Waals surface area contributed by atoms with Gasteiger partial charge in [-0.3, -0.25) is 0 Å². The molecular weight excluding hydrogens is 373 g/mol. The van der Waals surface area contributed by atoms with Crippen LogP contribution in [0, 0.1) is 23.2 Å². The molecule has 152 valence electrons. The van der Waals surface area contributed by atoms with Crippen molar-refractivity contribution >= 4 is 24.4 Å². The van der Waals surface area contributed by atoms with E-state index < -0.39 is 7.92 Å². The van der Waals surface area contributed by atoms with Crippen LogP contribution in [-0.2, 0) is 4.74 Å². The minimum absolute atomic E-state index is 0.0904. The second-order valence-electron chi connectivity index (χ2n) is 10.3. The topological polar surface area (TPSA) is 21.6 Å². The standard InChI is InChI=1S/C26H32NOP/c1-25(2)17-28-24(27-25)23-21-15-18(26(21,3)4)16-22(23)29(19-11-7-5-8-12-19)20-13-9-6-10-14-20/h5-14,18,21-23H,15-17H2,1-4H3/t18-,21+,22+,23+/m1/s1. The molecular formula is C26H32NOP. The molecule has 6 rings (SSSR count). The summed E-state index contributed by atoms with van der Waals surface area (Å²) in [7, 11) is -0.454. The molecule has 4 atom stereocenters. The van der Waals surface area contributed by atoms with Gasteiger partial charge in [-0.25, -0.2) is 4.99 Å². The number of hydrogen-bond donors (Lipinski definition) is 0. The van der Waals surface area contributed by atoms with Crippen molar-refractivity contribution in [2.45, 2.75) is 51.7 Å². The number of fused-ring (bicyclic) bond motifs is 2. The van der Waals surface area contributed by atoms with Gasteiger partial charge in [0.1, 0.15) is 6.61 Å². The van der Waals surface area contributed by atoms with Crippen molar-refractivity contribution in [3.63, 3.8) is 0 Å². The van der Waals surface area contributed by atoms with Crippen molar-refractivity contribution < 1.29 is 4.74 Å². The van der Waals surface area contributed by atoms with Crippen molar-refractivity contribution in [3.8, 4) is 0 Å². The van der Waals surface area contributed by atoms with Gasteiger partial charge in [-0.05, 0) is 68.1 Å². The van der Waals surface area contributed by atoms with Crippen LogP contribution in [0.25, 0.3) is 0 Å². The van der Waals surface area contributed by atoms with Crippen LogP contribution in [-0.4, -0.2) is 23.7 Å². The van der Waals surface area contributed by atoms with Gasteiger partial charge in [0.05, 0.1) is 5.54 Å². The summed E-state index contributed by atoms with van der Waals surface area (Å²) in [6, 6.07) is 22.4. The molecule has 2 bridgehead atoms. The van der Waals surface area contributed by atoms with E-state index in [-0.39, 0.29) is 5.54 Å². The Kier molecular flexibility index (Phi) is 4.63. The zero-order valence-corrected chi connectivity index (χ0v) is 18.9. The highest BCUT2D eigenvalue weighted by Gasteiger charge is 2.61. The fraction of sp³-hybridized carbons (Fsp3) is 0.500. The third-order valence-corrected chi connectivity index (χ3v) is 10.5. The van der Waals surface area contributed by atoms with Crippen LogP contribution in [0.5, 0.6) is 0 Å². The molecule has 0 amide bonds. The molecule has 4 aliphatic rings. The van der Waals surface area contributed by atoms with Gasteiger partial charge in [0.2, 0.25) is 0 Å². The number of aliphatic imine (C=N–C) groups is 1. The highest BCUT2D eigenvalue weighted by Crippen LogP contribution is 2.67. The summed E-state index contributed by atoms with van der Waals surface area (Å²) >= 11 is 0. The molecule has 2 aromatic rings. The van der Waals surface area contributed by atoms with Gasteiger partial charge in [0.25, 0.3) is 0 Å². The summed E-state index contributed by atoms with van der Waals surface area (Å²) in [5.74, 6) is 2.98. The lowest BCUT2D eigenvalue weighted by Gasteiger charge is -2.63. The Balaban J connectivity index is 1.61. The highest BCUT2D eigenvalue weighted by molar-refractivity contribution is 7.73. The molecule has 3 fully saturated rings. The zero-order chi connectivity index (χ0) is 20.2. The Hall–Kier alpha value is -1.66. The molecule has 0 unspecified atom stereocenters. The van der Waals surface area contributed by atoms with Crippen molar-refractivity contribution in [1.82, 2.24) is 0 Å². The molecule has 3 aliphatic carbocycles. The first-order valence-electron chi connectivity index (χ1n) is 11.0. The van der Waals surface area contributed by atoms with Crippen molar-refractivity contribution in [1.29, 1.82) is 0 Å². The smallest absolute Gasteiger partial charge is 0.188 e. The molecule has 1 heterocycles. The van der Waals surface area contributed by atoms with Gasteiger partial charge in [-0.1, -0.05) is 74.5 Å². The number of nitrogens with zero attached hydrogens (tertiary/aromatic N) is 1. The van der Waals surface area contributed by atoms with Gasteiger partial charge in [-0.2, -0.15) is 0 Å². The van der Waals surface area contributed by atoms with Crippen LogP contribution < -0.4 is 10.6 Å². The fourth-order valence-corrected chi connectivity index (χ4v) is 9.04. The van der Waals surface area contributed by atoms with Crippen LogP contribution >= 0.6 is 7.92 Å². The third kappa shape index (κ3) is 3.25. The van der Waals surface area contributed by atoms with Crippen LogP contribution in [0.2, 0.25) is 0 Å². The quantitative estimate of drug-likeness (QED) is 0.626. The molecule has 2 aromatic carbocycles. The first-order valence-corrected chi connectivity index (χ1v) is 12.4. The minimum atomic E-state index is -0.454. The van der Waals surface area contributed by atoms with E-state index in [0.29, 0.717) is 22.9 Å². The lowest BCUT2D eigenvalue weighted by molar-refractivity contribution is -0.0860. The van der Waals surface area contributed by atoms with E-state index >= 15 is 0 Å². The van der Waals surface area contributed by atoms with Crippen LogP contribution in [0.4, 0.5) is 0 Å². The molecule has 0 radical (unpaired) electrons. The largest absolute Gasteiger partial charge is 0.478 e. The fourth-order valence-electron chi connectivity index (χ4n) is 5.87. The summed E-state index contributed by atoms with van der Waals surface area (Å²) in [5.41, 5.74) is 0.903. The molecule has 0 N–H and O–H groups in total. The van der Waals surface area contributed by atoms with Crippen molar-refractivity contribution in [2.75, 3.05) is 6.61 Å². The normalized spacial score (nSPS) is 31.7. The SMILES string of the molecule is CC1(C)COC([C@@H]2[C@@H](P(c3ccccc3)c3ccccc3)C[C@H]3C[C@@H]2C3(C)C)=N1. The van der Waals surface area contributed by atoms with Crippen molar-refractivity contribution in [3.05, 3.63) is 60.7 Å². The highest BCUT2D eigenvalue weighted by atomic mass is 31.1. The summed E-state index contributed by atoms with van der Waals surface area (Å²) in [6.07, 6.45) is 2.62. The summed E-state index contributed by atoms with van der Waals surface area (Å²) in [5, 5.41) is 2.97. The molecule has 3 heteroatoms. The first kappa shape index (κ1) is 19.3. The predicted molar refractivity (Wildman–Crippen MR) is 124 cm³/mol. The van der Waals surface area contributed by atoms with E-state index in [4.69, 9.17) is 9.73 Å². The molecule has 1 aliphatic heterocycles. The van der Waals surface area contributed by atoms with Gasteiger partial charge in [0.15, 0.2) is 5.90 Å². The number of rotatable bonds is 4. The van der Waals surface area contributed by atoms with Crippen LogP contribution in [0.3, 0.4) is 0 Å². The van der Waals surface area contributed by atoms with Gasteiger partial charge < -0.3 is 4.74 Å². The number of hydrogen-bond acceptors (Lipinski definition) is 2. The average Bonchev–Trinajstić information content (AvgIpc) is 3.09. The van der Waals surface area contributed by atoms with Gasteiger partial charge in [0, 0.05) is 5.92 Å². The molecule has 3 saturated carbocycles. The van der Waals surface area contributed by atoms with E-state index in [1.807, 2.05) is 0 Å². The monoisotopic (exact) mass is 405 g/mol. The van der Waals surface area contributed by atoms with Crippen LogP contribution in [0.15, 0.2) is 65.7 Å². The Morgan fingerprint density at radius 1 is 0.862 bits per heavy atom. The molecule has 0 saturated heterocycles. The second kappa shape index (κ2) is 6.95. The minimum Gasteiger partial charge on any atom is -0.478 e. The Labute approximate surface area is 176 Å². The summed E-state index contributed by atoms with van der Waals surface area (Å²) in [4.78, 5) is 5.11. The Morgan fingerprint density at radius 2 is 1.45 bits per heavy atom. The maximum absolute atomic E-state index is 6.31. The van der Waals surface area contributed by atoms with E-state index in [2.05, 4.69) is 88.4 Å². The molecule has 0 aromatic heterocycles. The first-order chi connectivity index (χ1) is 13.9. The molecule has 0 spiro atoms. The average molecular weight is 406 g/mol. The number of benzene rings is 2. The maximum Gasteiger partial charge on any atom is 0.188 e. The van der Waals surface area contributed by atoms with Gasteiger partial charge >= 0.3 is 0 Å². The predicted octanol–water partition coefficient (Wildman–Crippen LogP) is 5.38. The third-order valence-electron chi connectivity index (χ3n) is 7.59. The van der Waals surface area contributed by atoms with Crippen molar-refractivity contribution in [2.24, 2.45) is 28.2 Å².